The van der Waals surface area contributed by atoms with Gasteiger partial charge in [0.25, 0.3) is 12.3 Å². The minimum Gasteiger partial charge on any atom is -0.351 e. The topological polar surface area (TPSA) is 63.1 Å². The molecule has 0 aliphatic carbocycles. The van der Waals surface area contributed by atoms with Crippen LogP contribution in [0.1, 0.15) is 46.1 Å². The maximum absolute atomic E-state index is 13.5. The molecule has 1 fully saturated rings. The van der Waals surface area contributed by atoms with Crippen LogP contribution in [0.25, 0.3) is 0 Å². The third kappa shape index (κ3) is 3.33. The first-order valence-electron chi connectivity index (χ1n) is 9.24. The number of halogens is 2. The highest BCUT2D eigenvalue weighted by molar-refractivity contribution is 7.10. The number of nitrogens with zero attached hydrogens (tertiary/aromatic N) is 4. The molecule has 2 aliphatic rings. The lowest BCUT2D eigenvalue weighted by Gasteiger charge is -2.40. The highest BCUT2D eigenvalue weighted by Crippen LogP contribution is 2.35. The molecule has 4 heterocycles. The van der Waals surface area contributed by atoms with Gasteiger partial charge in [-0.05, 0) is 44.6 Å². The molecule has 2 aromatic heterocycles. The highest BCUT2D eigenvalue weighted by Gasteiger charge is 2.39. The standard InChI is InChI=1S/C18H23F2N5OS/c1-10-11(2)27-8-13(10)17(26)24-5-3-4-12(7-24)14-6-15(16(19)20)25-18(23-14)21-9-22-25/h8-9,12,14-16H,3-7H2,1-2H3,(H,21,22,23)/t12-,14-,15+/m0/s1. The molecular weight excluding hydrogens is 372 g/mol. The van der Waals surface area contributed by atoms with E-state index in [2.05, 4.69) is 15.4 Å². The number of aryl methyl sites for hydroxylation is 1. The van der Waals surface area contributed by atoms with Crippen molar-refractivity contribution in [3.05, 3.63) is 27.7 Å². The van der Waals surface area contributed by atoms with Gasteiger partial charge in [-0.2, -0.15) is 10.1 Å². The molecule has 0 saturated carbocycles. The quantitative estimate of drug-likeness (QED) is 0.864. The van der Waals surface area contributed by atoms with E-state index in [1.165, 1.54) is 11.0 Å². The van der Waals surface area contributed by atoms with Crippen molar-refractivity contribution in [1.82, 2.24) is 19.7 Å². The minimum atomic E-state index is -2.49. The van der Waals surface area contributed by atoms with Crippen molar-refractivity contribution in [3.63, 3.8) is 0 Å². The first kappa shape index (κ1) is 18.3. The molecule has 2 aromatic rings. The number of carbonyl (C=O) groups is 1. The molecule has 9 heteroatoms. The molecule has 0 radical (unpaired) electrons. The summed E-state index contributed by atoms with van der Waals surface area (Å²) >= 11 is 1.59. The van der Waals surface area contributed by atoms with Crippen LogP contribution in [0.2, 0.25) is 0 Å². The number of hydrogen-bond acceptors (Lipinski definition) is 5. The molecule has 0 unspecified atom stereocenters. The summed E-state index contributed by atoms with van der Waals surface area (Å²) in [5, 5.41) is 9.12. The summed E-state index contributed by atoms with van der Waals surface area (Å²) in [4.78, 5) is 20.1. The van der Waals surface area contributed by atoms with E-state index in [0.29, 0.717) is 19.0 Å². The van der Waals surface area contributed by atoms with E-state index in [1.54, 1.807) is 11.3 Å². The van der Waals surface area contributed by atoms with Gasteiger partial charge in [-0.15, -0.1) is 11.3 Å². The van der Waals surface area contributed by atoms with Crippen molar-refractivity contribution in [1.29, 1.82) is 0 Å². The Morgan fingerprint density at radius 2 is 2.22 bits per heavy atom. The fourth-order valence-corrected chi connectivity index (χ4v) is 4.98. The summed E-state index contributed by atoms with van der Waals surface area (Å²) in [6, 6.07) is -1.11. The zero-order valence-corrected chi connectivity index (χ0v) is 16.2. The van der Waals surface area contributed by atoms with Gasteiger partial charge < -0.3 is 10.2 Å². The third-order valence-corrected chi connectivity index (χ3v) is 6.83. The minimum absolute atomic E-state index is 0.0472. The second-order valence-corrected chi connectivity index (χ2v) is 8.48. The zero-order chi connectivity index (χ0) is 19.1. The van der Waals surface area contributed by atoms with Crippen LogP contribution in [0.3, 0.4) is 0 Å². The number of rotatable bonds is 3. The molecule has 0 bridgehead atoms. The van der Waals surface area contributed by atoms with Crippen LogP contribution in [0.15, 0.2) is 11.7 Å². The first-order valence-corrected chi connectivity index (χ1v) is 10.1. The average Bonchev–Trinajstić information content (AvgIpc) is 3.27. The Bertz CT molecular complexity index is 836. The van der Waals surface area contributed by atoms with Crippen LogP contribution in [0.4, 0.5) is 14.7 Å². The molecular formula is C18H23F2N5OS. The molecule has 1 N–H and O–H groups in total. The number of piperidine rings is 1. The number of aromatic nitrogens is 3. The maximum Gasteiger partial charge on any atom is 0.260 e. The Morgan fingerprint density at radius 3 is 2.93 bits per heavy atom. The summed E-state index contributed by atoms with van der Waals surface area (Å²) in [6.07, 6.45) is 0.888. The van der Waals surface area contributed by atoms with Crippen molar-refractivity contribution in [3.8, 4) is 0 Å². The van der Waals surface area contributed by atoms with Crippen LogP contribution >= 0.6 is 11.3 Å². The van der Waals surface area contributed by atoms with Crippen LogP contribution in [0, 0.1) is 19.8 Å². The van der Waals surface area contributed by atoms with E-state index in [9.17, 15) is 13.6 Å². The third-order valence-electron chi connectivity index (χ3n) is 5.82. The fraction of sp³-hybridized carbons (Fsp3) is 0.611. The van der Waals surface area contributed by atoms with E-state index in [4.69, 9.17) is 0 Å². The number of hydrogen-bond donors (Lipinski definition) is 1. The van der Waals surface area contributed by atoms with Crippen molar-refractivity contribution in [2.45, 2.75) is 51.6 Å². The number of amides is 1. The van der Waals surface area contributed by atoms with E-state index in [-0.39, 0.29) is 24.3 Å². The normalized spacial score (nSPS) is 25.4. The van der Waals surface area contributed by atoms with Crippen LogP contribution in [-0.2, 0) is 0 Å². The lowest BCUT2D eigenvalue weighted by molar-refractivity contribution is 0.0504. The number of fused-ring (bicyclic) bond motifs is 1. The number of nitrogens with one attached hydrogen (secondary N) is 1. The van der Waals surface area contributed by atoms with Crippen molar-refractivity contribution in [2.75, 3.05) is 18.4 Å². The molecule has 3 atom stereocenters. The highest BCUT2D eigenvalue weighted by atomic mass is 32.1. The Morgan fingerprint density at radius 1 is 1.41 bits per heavy atom. The van der Waals surface area contributed by atoms with Gasteiger partial charge in [0.1, 0.15) is 12.4 Å². The monoisotopic (exact) mass is 395 g/mol. The second kappa shape index (κ2) is 7.18. The van der Waals surface area contributed by atoms with Crippen LogP contribution in [0.5, 0.6) is 0 Å². The fourth-order valence-electron chi connectivity index (χ4n) is 4.12. The number of thiophene rings is 1. The average molecular weight is 395 g/mol. The van der Waals surface area contributed by atoms with Crippen molar-refractivity contribution < 1.29 is 13.6 Å². The smallest absolute Gasteiger partial charge is 0.260 e. The second-order valence-electron chi connectivity index (χ2n) is 7.40. The van der Waals surface area contributed by atoms with E-state index in [1.807, 2.05) is 24.1 Å². The summed E-state index contributed by atoms with van der Waals surface area (Å²) in [7, 11) is 0. The van der Waals surface area contributed by atoms with E-state index < -0.39 is 12.5 Å². The predicted molar refractivity (Wildman–Crippen MR) is 99.5 cm³/mol. The van der Waals surface area contributed by atoms with Gasteiger partial charge in [0.15, 0.2) is 0 Å². The number of likely N-dealkylation sites (tertiary alicyclic amines) is 1. The van der Waals surface area contributed by atoms with E-state index in [0.717, 1.165) is 28.8 Å². The lowest BCUT2D eigenvalue weighted by Crippen LogP contribution is -2.48. The van der Waals surface area contributed by atoms with Gasteiger partial charge in [0.2, 0.25) is 5.95 Å². The lowest BCUT2D eigenvalue weighted by atomic mass is 9.86. The Labute approximate surface area is 160 Å². The van der Waals surface area contributed by atoms with Gasteiger partial charge in [-0.1, -0.05) is 0 Å². The van der Waals surface area contributed by atoms with Crippen molar-refractivity contribution >= 4 is 23.2 Å². The Hall–Kier alpha value is -2.03. The predicted octanol–water partition coefficient (Wildman–Crippen LogP) is 3.50. The van der Waals surface area contributed by atoms with Gasteiger partial charge in [-0.25, -0.2) is 13.5 Å². The van der Waals surface area contributed by atoms with Gasteiger partial charge >= 0.3 is 0 Å². The van der Waals surface area contributed by atoms with E-state index >= 15 is 0 Å². The summed E-state index contributed by atoms with van der Waals surface area (Å²) in [5.74, 6) is 0.560. The molecule has 4 rings (SSSR count). The van der Waals surface area contributed by atoms with Crippen LogP contribution in [-0.4, -0.2) is 51.1 Å². The SMILES string of the molecule is Cc1scc(C(=O)N2CCC[C@H]([C@@H]3C[C@H](C(F)F)n4ncnc4N3)C2)c1C. The molecule has 2 aliphatic heterocycles. The number of alkyl halides is 2. The molecule has 0 aromatic carbocycles. The molecule has 0 spiro atoms. The summed E-state index contributed by atoms with van der Waals surface area (Å²) in [6.45, 7) is 5.28. The maximum atomic E-state index is 13.5. The molecule has 6 nitrogen and oxygen atoms in total. The summed E-state index contributed by atoms with van der Waals surface area (Å²) < 4.78 is 28.3. The Kier molecular flexibility index (Phi) is 4.88. The molecule has 1 saturated heterocycles. The first-order chi connectivity index (χ1) is 13.0. The molecule has 27 heavy (non-hydrogen) atoms. The van der Waals surface area contributed by atoms with Crippen molar-refractivity contribution in [2.24, 2.45) is 5.92 Å². The zero-order valence-electron chi connectivity index (χ0n) is 15.4. The molecule has 1 amide bonds. The van der Waals surface area contributed by atoms with Crippen LogP contribution < -0.4 is 5.32 Å². The number of carbonyl (C=O) groups excluding carboxylic acids is 1. The van der Waals surface area contributed by atoms with Gasteiger partial charge in [0.05, 0.1) is 5.56 Å². The molecule has 146 valence electrons. The number of anilines is 1. The largest absolute Gasteiger partial charge is 0.351 e. The Balaban J connectivity index is 1.50. The summed E-state index contributed by atoms with van der Waals surface area (Å²) in [5.41, 5.74) is 1.80. The van der Waals surface area contributed by atoms with Gasteiger partial charge in [-0.3, -0.25) is 4.79 Å². The van der Waals surface area contributed by atoms with Gasteiger partial charge in [0, 0.05) is 29.4 Å².